The van der Waals surface area contributed by atoms with Gasteiger partial charge < -0.3 is 5.11 Å². The third kappa shape index (κ3) is 1.04. The summed E-state index contributed by atoms with van der Waals surface area (Å²) in [7, 11) is 0. The highest BCUT2D eigenvalue weighted by Gasteiger charge is 2.41. The lowest BCUT2D eigenvalue weighted by molar-refractivity contribution is -0.0199. The Balaban J connectivity index is 2.14. The Morgan fingerprint density at radius 2 is 2.09 bits per heavy atom. The minimum atomic E-state index is -0.174. The first-order valence-electron chi connectivity index (χ1n) is 4.39. The molecule has 0 amide bonds. The summed E-state index contributed by atoms with van der Waals surface area (Å²) < 4.78 is 0. The van der Waals surface area contributed by atoms with Gasteiger partial charge in [-0.3, -0.25) is 0 Å². The van der Waals surface area contributed by atoms with Crippen LogP contribution in [0.3, 0.4) is 0 Å². The van der Waals surface area contributed by atoms with Crippen molar-refractivity contribution in [2.24, 2.45) is 17.8 Å². The van der Waals surface area contributed by atoms with Crippen molar-refractivity contribution in [2.75, 3.05) is 0 Å². The Labute approximate surface area is 66.8 Å². The van der Waals surface area contributed by atoms with Crippen molar-refractivity contribution >= 4 is 0 Å². The number of aliphatic hydroxyl groups excluding tert-OH is 1. The van der Waals surface area contributed by atoms with E-state index in [0.717, 1.165) is 19.3 Å². The van der Waals surface area contributed by atoms with Gasteiger partial charge in [-0.25, -0.2) is 0 Å². The Morgan fingerprint density at radius 1 is 1.27 bits per heavy atom. The average molecular weight is 151 g/mol. The molecule has 3 aliphatic rings. The minimum Gasteiger partial charge on any atom is -0.393 e. The Bertz CT molecular complexity index is 196. The van der Waals surface area contributed by atoms with E-state index in [-0.39, 0.29) is 12.0 Å². The second-order valence-corrected chi connectivity index (χ2v) is 3.88. The van der Waals surface area contributed by atoms with Crippen LogP contribution in [0.5, 0.6) is 0 Å². The van der Waals surface area contributed by atoms with Gasteiger partial charge in [0.1, 0.15) is 0 Å². The predicted molar refractivity (Wildman–Crippen MR) is 40.6 cm³/mol. The average Bonchev–Trinajstić information content (AvgIpc) is 2.04. The highest BCUT2D eigenvalue weighted by atomic mass is 16.3. The van der Waals surface area contributed by atoms with Gasteiger partial charge in [-0.15, -0.1) is 0 Å². The number of fused-ring (bicyclic) bond motifs is 3. The van der Waals surface area contributed by atoms with Crippen LogP contribution < -0.4 is 0 Å². The van der Waals surface area contributed by atoms with E-state index in [9.17, 15) is 5.11 Å². The molecule has 0 heterocycles. The third-order valence-electron chi connectivity index (χ3n) is 3.25. The topological polar surface area (TPSA) is 44.0 Å². The second-order valence-electron chi connectivity index (χ2n) is 3.88. The maximum absolute atomic E-state index is 9.55. The Hall–Kier alpha value is -0.550. The van der Waals surface area contributed by atoms with Crippen LogP contribution in [0.15, 0.2) is 0 Å². The lowest BCUT2D eigenvalue weighted by Crippen LogP contribution is -2.40. The zero-order valence-electron chi connectivity index (χ0n) is 6.53. The van der Waals surface area contributed by atoms with Crippen LogP contribution in [0.25, 0.3) is 0 Å². The van der Waals surface area contributed by atoms with E-state index >= 15 is 0 Å². The Morgan fingerprint density at radius 3 is 2.55 bits per heavy atom. The smallest absolute Gasteiger partial charge is 0.0659 e. The van der Waals surface area contributed by atoms with Crippen molar-refractivity contribution in [3.63, 3.8) is 0 Å². The maximum Gasteiger partial charge on any atom is 0.0659 e. The molecule has 3 saturated carbocycles. The molecule has 3 aliphatic carbocycles. The summed E-state index contributed by atoms with van der Waals surface area (Å²) >= 11 is 0. The van der Waals surface area contributed by atoms with Crippen LogP contribution in [0, 0.1) is 29.1 Å². The van der Waals surface area contributed by atoms with Crippen molar-refractivity contribution < 1.29 is 5.11 Å². The van der Waals surface area contributed by atoms with Crippen LogP contribution in [-0.2, 0) is 0 Å². The lowest BCUT2D eigenvalue weighted by atomic mass is 9.64. The molecule has 3 rings (SSSR count). The normalized spacial score (nSPS) is 48.7. The molecule has 2 unspecified atom stereocenters. The molecule has 2 nitrogen and oxygen atoms in total. The third-order valence-corrected chi connectivity index (χ3v) is 3.25. The van der Waals surface area contributed by atoms with E-state index in [0.29, 0.717) is 11.8 Å². The highest BCUT2D eigenvalue weighted by molar-refractivity contribution is 5.00. The Kier molecular flexibility index (Phi) is 1.61. The van der Waals surface area contributed by atoms with Crippen molar-refractivity contribution in [2.45, 2.75) is 31.8 Å². The standard InChI is InChI=1S/C9H13NO/c10-5-7-3-6-1-2-8(7)9(11)4-6/h6-9,11H,1-4H2/t6?,7-,8?,9-/m1/s1. The first-order valence-corrected chi connectivity index (χ1v) is 4.39. The molecular formula is C9H13NO. The number of nitrogens with zero attached hydrogens (tertiary/aromatic N) is 1. The summed E-state index contributed by atoms with van der Waals surface area (Å²) in [4.78, 5) is 0. The summed E-state index contributed by atoms with van der Waals surface area (Å²) in [5.74, 6) is 1.09. The SMILES string of the molecule is N#C[C@H]1CC2CCC1[C@H](O)C2. The van der Waals surface area contributed by atoms with E-state index < -0.39 is 0 Å². The monoisotopic (exact) mass is 151 g/mol. The second kappa shape index (κ2) is 2.49. The molecule has 2 bridgehead atoms. The molecule has 60 valence electrons. The molecule has 1 N–H and O–H groups in total. The minimum absolute atomic E-state index is 0.150. The summed E-state index contributed by atoms with van der Waals surface area (Å²) in [5.41, 5.74) is 0. The molecule has 0 aromatic carbocycles. The van der Waals surface area contributed by atoms with Gasteiger partial charge in [-0.1, -0.05) is 0 Å². The van der Waals surface area contributed by atoms with Gasteiger partial charge in [0.15, 0.2) is 0 Å². The molecule has 0 spiro atoms. The van der Waals surface area contributed by atoms with Gasteiger partial charge in [-0.2, -0.15) is 5.26 Å². The predicted octanol–water partition coefficient (Wildman–Crippen LogP) is 1.31. The first-order chi connectivity index (χ1) is 5.31. The van der Waals surface area contributed by atoms with Gasteiger partial charge in [0.25, 0.3) is 0 Å². The fraction of sp³-hybridized carbons (Fsp3) is 0.889. The molecule has 3 fully saturated rings. The molecule has 0 aromatic rings. The molecule has 0 saturated heterocycles. The maximum atomic E-state index is 9.55. The van der Waals surface area contributed by atoms with Gasteiger partial charge in [0, 0.05) is 5.92 Å². The molecule has 4 atom stereocenters. The summed E-state index contributed by atoms with van der Waals surface area (Å²) in [6, 6.07) is 2.31. The van der Waals surface area contributed by atoms with E-state index in [4.69, 9.17) is 5.26 Å². The molecule has 0 aromatic heterocycles. The van der Waals surface area contributed by atoms with Crippen LogP contribution >= 0.6 is 0 Å². The van der Waals surface area contributed by atoms with E-state index in [1.165, 1.54) is 6.42 Å². The van der Waals surface area contributed by atoms with Gasteiger partial charge in [0.05, 0.1) is 18.1 Å². The molecule has 11 heavy (non-hydrogen) atoms. The van der Waals surface area contributed by atoms with E-state index in [1.807, 2.05) is 0 Å². The molecule has 0 radical (unpaired) electrons. The van der Waals surface area contributed by atoms with Gasteiger partial charge in [0.2, 0.25) is 0 Å². The highest BCUT2D eigenvalue weighted by Crippen LogP contribution is 2.44. The van der Waals surface area contributed by atoms with Crippen molar-refractivity contribution in [1.82, 2.24) is 0 Å². The largest absolute Gasteiger partial charge is 0.393 e. The van der Waals surface area contributed by atoms with Gasteiger partial charge in [-0.05, 0) is 31.6 Å². The van der Waals surface area contributed by atoms with Crippen LogP contribution in [0.1, 0.15) is 25.7 Å². The van der Waals surface area contributed by atoms with Crippen molar-refractivity contribution in [3.8, 4) is 6.07 Å². The van der Waals surface area contributed by atoms with Crippen LogP contribution in [0.2, 0.25) is 0 Å². The lowest BCUT2D eigenvalue weighted by Gasteiger charge is -2.42. The first kappa shape index (κ1) is 7.12. The van der Waals surface area contributed by atoms with E-state index in [2.05, 4.69) is 6.07 Å². The molecule has 2 heteroatoms. The van der Waals surface area contributed by atoms with E-state index in [1.54, 1.807) is 0 Å². The van der Waals surface area contributed by atoms with Crippen LogP contribution in [-0.4, -0.2) is 11.2 Å². The van der Waals surface area contributed by atoms with Crippen molar-refractivity contribution in [3.05, 3.63) is 0 Å². The number of aliphatic hydroxyl groups is 1. The number of rotatable bonds is 0. The summed E-state index contributed by atoms with van der Waals surface area (Å²) in [6.07, 6.45) is 4.12. The number of nitriles is 1. The number of hydrogen-bond acceptors (Lipinski definition) is 2. The zero-order chi connectivity index (χ0) is 7.84. The number of hydrogen-bond donors (Lipinski definition) is 1. The van der Waals surface area contributed by atoms with Crippen molar-refractivity contribution in [1.29, 1.82) is 5.26 Å². The van der Waals surface area contributed by atoms with Crippen LogP contribution in [0.4, 0.5) is 0 Å². The fourth-order valence-electron chi connectivity index (χ4n) is 2.62. The quantitative estimate of drug-likeness (QED) is 0.567. The zero-order valence-corrected chi connectivity index (χ0v) is 6.53. The fourth-order valence-corrected chi connectivity index (χ4v) is 2.62. The summed E-state index contributed by atoms with van der Waals surface area (Å²) in [5, 5.41) is 18.3. The van der Waals surface area contributed by atoms with Gasteiger partial charge >= 0.3 is 0 Å². The molecular weight excluding hydrogens is 138 g/mol. The summed E-state index contributed by atoms with van der Waals surface area (Å²) in [6.45, 7) is 0. The molecule has 0 aliphatic heterocycles.